The Morgan fingerprint density at radius 2 is 1.45 bits per heavy atom. The molecule has 0 saturated heterocycles. The Balaban J connectivity index is 1.76. The fourth-order valence-electron chi connectivity index (χ4n) is 3.54. The Morgan fingerprint density at radius 3 is 2.00 bits per heavy atom. The Kier molecular flexibility index (Phi) is 12.9. The van der Waals surface area contributed by atoms with E-state index in [2.05, 4.69) is 5.32 Å². The minimum absolute atomic E-state index is 0.0131. The summed E-state index contributed by atoms with van der Waals surface area (Å²) >= 11 is 0. The first-order valence-electron chi connectivity index (χ1n) is 12.4. The van der Waals surface area contributed by atoms with E-state index in [1.807, 2.05) is 17.4 Å². The predicted octanol–water partition coefficient (Wildman–Crippen LogP) is 3.10. The van der Waals surface area contributed by atoms with Gasteiger partial charge in [0.05, 0.1) is 0 Å². The van der Waals surface area contributed by atoms with Crippen molar-refractivity contribution in [2.24, 2.45) is 0 Å². The summed E-state index contributed by atoms with van der Waals surface area (Å²) in [6, 6.07) is 12.4. The van der Waals surface area contributed by atoms with Crippen LogP contribution in [0.1, 0.15) is 42.5 Å². The summed E-state index contributed by atoms with van der Waals surface area (Å²) in [5, 5.41) is 31.7. The van der Waals surface area contributed by atoms with Crippen LogP contribution in [-0.4, -0.2) is 77.2 Å². The molecule has 0 aliphatic rings. The third-order valence-corrected chi connectivity index (χ3v) is 5.62. The average Bonchev–Trinajstić information content (AvgIpc) is 2.93. The van der Waals surface area contributed by atoms with Gasteiger partial charge in [-0.2, -0.15) is 0 Å². The third-order valence-electron chi connectivity index (χ3n) is 5.62. The predicted molar refractivity (Wildman–Crippen MR) is 139 cm³/mol. The van der Waals surface area contributed by atoms with E-state index in [4.69, 9.17) is 19.7 Å². The molecule has 13 heteroatoms. The van der Waals surface area contributed by atoms with Gasteiger partial charge >= 0.3 is 24.0 Å². The van der Waals surface area contributed by atoms with Crippen molar-refractivity contribution in [3.63, 3.8) is 0 Å². The highest BCUT2D eigenvalue weighted by Crippen LogP contribution is 2.23. The monoisotopic (exact) mass is 562 g/mol. The van der Waals surface area contributed by atoms with E-state index in [1.54, 1.807) is 36.4 Å². The number of carbonyl (C=O) groups excluding carboxylic acids is 2. The standard InChI is InChI=1S/C27H31FN2O10/c28-14-16-39-20-10-8-18(9-11-20)17-4-6-19(7-5-17)24(33)29-15-2-1-3-22(26(36)37)40-27(38)30-21(25(34)35)12-13-23(31)32/h4-11,21-22H,1-3,12-16H2,(H,29,33)(H,30,38)(H,31,32)(H,34,35)(H,36,37)/t21-,22-/m0/s1. The fourth-order valence-corrected chi connectivity index (χ4v) is 3.54. The van der Waals surface area contributed by atoms with Crippen LogP contribution in [0.15, 0.2) is 48.5 Å². The van der Waals surface area contributed by atoms with Crippen LogP contribution in [0.2, 0.25) is 0 Å². The third kappa shape index (κ3) is 11.0. The van der Waals surface area contributed by atoms with Crippen LogP contribution in [0, 0.1) is 0 Å². The quantitative estimate of drug-likeness (QED) is 0.179. The van der Waals surface area contributed by atoms with Crippen molar-refractivity contribution in [1.29, 1.82) is 0 Å². The summed E-state index contributed by atoms with van der Waals surface area (Å²) in [5.74, 6) is -3.93. The molecule has 0 spiro atoms. The lowest BCUT2D eigenvalue weighted by Crippen LogP contribution is -2.43. The van der Waals surface area contributed by atoms with Crippen molar-refractivity contribution in [2.45, 2.75) is 44.2 Å². The molecule has 0 aromatic heterocycles. The zero-order valence-electron chi connectivity index (χ0n) is 21.5. The number of halogens is 1. The van der Waals surface area contributed by atoms with E-state index in [9.17, 15) is 33.5 Å². The highest BCUT2D eigenvalue weighted by Gasteiger charge is 2.26. The van der Waals surface area contributed by atoms with Crippen molar-refractivity contribution in [3.05, 3.63) is 54.1 Å². The molecule has 2 aromatic rings. The van der Waals surface area contributed by atoms with Crippen LogP contribution in [0.5, 0.6) is 5.75 Å². The zero-order valence-corrected chi connectivity index (χ0v) is 21.5. The van der Waals surface area contributed by atoms with Gasteiger partial charge in [-0.05, 0) is 61.1 Å². The van der Waals surface area contributed by atoms with Crippen molar-refractivity contribution in [2.75, 3.05) is 19.8 Å². The van der Waals surface area contributed by atoms with Gasteiger partial charge in [0.2, 0.25) is 6.10 Å². The van der Waals surface area contributed by atoms with Gasteiger partial charge in [-0.15, -0.1) is 0 Å². The van der Waals surface area contributed by atoms with Gasteiger partial charge in [0.1, 0.15) is 25.1 Å². The molecule has 2 amide bonds. The summed E-state index contributed by atoms with van der Waals surface area (Å²) < 4.78 is 22.2. The average molecular weight is 563 g/mol. The van der Waals surface area contributed by atoms with Gasteiger partial charge in [0.15, 0.2) is 0 Å². The molecule has 5 N–H and O–H groups in total. The second-order valence-electron chi connectivity index (χ2n) is 8.59. The minimum atomic E-state index is -1.55. The molecule has 216 valence electrons. The first-order valence-corrected chi connectivity index (χ1v) is 12.4. The van der Waals surface area contributed by atoms with Crippen LogP contribution >= 0.6 is 0 Å². The van der Waals surface area contributed by atoms with Crippen LogP contribution in [0.25, 0.3) is 11.1 Å². The van der Waals surface area contributed by atoms with Crippen molar-refractivity contribution in [3.8, 4) is 16.9 Å². The van der Waals surface area contributed by atoms with Crippen molar-refractivity contribution < 1.29 is 53.2 Å². The van der Waals surface area contributed by atoms with Crippen molar-refractivity contribution in [1.82, 2.24) is 10.6 Å². The number of alkyl halides is 1. The first kappa shape index (κ1) is 31.5. The maximum Gasteiger partial charge on any atom is 0.408 e. The van der Waals surface area contributed by atoms with E-state index in [0.29, 0.717) is 17.7 Å². The van der Waals surface area contributed by atoms with E-state index in [1.165, 1.54) is 0 Å². The summed E-state index contributed by atoms with van der Waals surface area (Å²) in [6.07, 6.45) is -3.18. The Bertz CT molecular complexity index is 1150. The normalized spacial score (nSPS) is 12.0. The molecule has 0 heterocycles. The number of carboxylic acids is 3. The number of alkyl carbamates (subject to hydrolysis) is 1. The van der Waals surface area contributed by atoms with E-state index in [-0.39, 0.29) is 31.9 Å². The maximum atomic E-state index is 12.4. The smallest absolute Gasteiger partial charge is 0.408 e. The number of rotatable bonds is 17. The Labute approximate surface area is 229 Å². The largest absolute Gasteiger partial charge is 0.491 e. The molecular formula is C27H31FN2O10. The van der Waals surface area contributed by atoms with Crippen LogP contribution in [0.4, 0.5) is 9.18 Å². The second-order valence-corrected chi connectivity index (χ2v) is 8.59. The lowest BCUT2D eigenvalue weighted by atomic mass is 10.0. The number of carbonyl (C=O) groups is 5. The summed E-state index contributed by atoms with van der Waals surface area (Å²) in [4.78, 5) is 57.6. The topological polar surface area (TPSA) is 189 Å². The molecule has 0 radical (unpaired) electrons. The number of benzene rings is 2. The maximum absolute atomic E-state index is 12.4. The number of carboxylic acid groups (broad SMARTS) is 3. The molecule has 2 rings (SSSR count). The lowest BCUT2D eigenvalue weighted by Gasteiger charge is -2.17. The number of nitrogens with one attached hydrogen (secondary N) is 2. The van der Waals surface area contributed by atoms with E-state index >= 15 is 0 Å². The molecule has 0 unspecified atom stereocenters. The Morgan fingerprint density at radius 1 is 0.825 bits per heavy atom. The van der Waals surface area contributed by atoms with Crippen LogP contribution < -0.4 is 15.4 Å². The molecule has 0 saturated carbocycles. The number of unbranched alkanes of at least 4 members (excludes halogenated alkanes) is 1. The van der Waals surface area contributed by atoms with Gasteiger partial charge in [-0.25, -0.2) is 18.8 Å². The van der Waals surface area contributed by atoms with Gasteiger partial charge in [0.25, 0.3) is 5.91 Å². The molecule has 0 fully saturated rings. The highest BCUT2D eigenvalue weighted by atomic mass is 19.1. The molecule has 12 nitrogen and oxygen atoms in total. The summed E-state index contributed by atoms with van der Waals surface area (Å²) in [7, 11) is 0. The number of aliphatic carboxylic acids is 3. The molecule has 0 aliphatic carbocycles. The van der Waals surface area contributed by atoms with Gasteiger partial charge in [0, 0.05) is 18.5 Å². The van der Waals surface area contributed by atoms with Gasteiger partial charge < -0.3 is 35.4 Å². The summed E-state index contributed by atoms with van der Waals surface area (Å²) in [5.41, 5.74) is 2.18. The van der Waals surface area contributed by atoms with Crippen LogP contribution in [0.3, 0.4) is 0 Å². The van der Waals surface area contributed by atoms with E-state index < -0.39 is 55.7 Å². The highest BCUT2D eigenvalue weighted by molar-refractivity contribution is 5.94. The molecule has 0 bridgehead atoms. The SMILES string of the molecule is O=C(O)CC[C@H](NC(=O)O[C@@H](CCCCNC(=O)c1ccc(-c2ccc(OCCF)cc2)cc1)C(=O)O)C(=O)O. The first-order chi connectivity index (χ1) is 19.1. The molecule has 2 atom stereocenters. The number of hydrogen-bond donors (Lipinski definition) is 5. The van der Waals surface area contributed by atoms with E-state index in [0.717, 1.165) is 11.1 Å². The van der Waals surface area contributed by atoms with Gasteiger partial charge in [-0.3, -0.25) is 9.59 Å². The minimum Gasteiger partial charge on any atom is -0.491 e. The number of hydrogen-bond acceptors (Lipinski definition) is 7. The summed E-state index contributed by atoms with van der Waals surface area (Å²) in [6.45, 7) is -0.354. The molecule has 0 aliphatic heterocycles. The second kappa shape index (κ2) is 16.3. The molecule has 40 heavy (non-hydrogen) atoms. The number of amides is 2. The number of ether oxygens (including phenoxy) is 2. The van der Waals surface area contributed by atoms with Crippen LogP contribution in [-0.2, 0) is 19.1 Å². The molecular weight excluding hydrogens is 531 g/mol. The fraction of sp³-hybridized carbons (Fsp3) is 0.370. The zero-order chi connectivity index (χ0) is 29.5. The van der Waals surface area contributed by atoms with Crippen molar-refractivity contribution >= 4 is 29.9 Å². The Hall–Kier alpha value is -4.68. The van der Waals surface area contributed by atoms with Gasteiger partial charge in [-0.1, -0.05) is 24.3 Å². The lowest BCUT2D eigenvalue weighted by molar-refractivity contribution is -0.147. The molecule has 2 aromatic carbocycles.